The smallest absolute Gasteiger partial charge is 0.239 e. The molecule has 1 atom stereocenters. The number of amides is 1. The van der Waals surface area contributed by atoms with Crippen molar-refractivity contribution in [2.45, 2.75) is 6.04 Å². The number of nitrogens with one attached hydrogen (secondary N) is 1. The zero-order valence-electron chi connectivity index (χ0n) is 6.00. The molecule has 4 heteroatoms. The van der Waals surface area contributed by atoms with Crippen LogP contribution in [0.4, 0.5) is 0 Å². The summed E-state index contributed by atoms with van der Waals surface area (Å²) in [7, 11) is 1.83. The highest BCUT2D eigenvalue weighted by atomic mass is 16.3. The highest BCUT2D eigenvalue weighted by molar-refractivity contribution is 5.82. The third-order valence-corrected chi connectivity index (χ3v) is 1.77. The van der Waals surface area contributed by atoms with Gasteiger partial charge in [-0.05, 0) is 7.05 Å². The first kappa shape index (κ1) is 7.50. The second-order valence-electron chi connectivity index (χ2n) is 2.47. The fourth-order valence-electron chi connectivity index (χ4n) is 1.05. The molecule has 0 saturated carbocycles. The van der Waals surface area contributed by atoms with Gasteiger partial charge in [0, 0.05) is 13.1 Å². The Balaban J connectivity index is 2.53. The fourth-order valence-corrected chi connectivity index (χ4v) is 1.05. The molecule has 0 aromatic rings. The normalized spacial score (nSPS) is 28.2. The van der Waals surface area contributed by atoms with Crippen molar-refractivity contribution in [3.05, 3.63) is 0 Å². The van der Waals surface area contributed by atoms with E-state index in [1.807, 2.05) is 11.9 Å². The summed E-state index contributed by atoms with van der Waals surface area (Å²) in [5, 5.41) is 11.4. The molecule has 0 bridgehead atoms. The van der Waals surface area contributed by atoms with E-state index < -0.39 is 0 Å². The monoisotopic (exact) mass is 144 g/mol. The minimum absolute atomic E-state index is 0.0729. The topological polar surface area (TPSA) is 52.6 Å². The van der Waals surface area contributed by atoms with E-state index in [9.17, 15) is 4.79 Å². The van der Waals surface area contributed by atoms with Gasteiger partial charge in [0.05, 0.1) is 6.61 Å². The van der Waals surface area contributed by atoms with E-state index in [1.54, 1.807) is 0 Å². The van der Waals surface area contributed by atoms with E-state index in [0.717, 1.165) is 6.54 Å². The Labute approximate surface area is 59.8 Å². The molecule has 0 aromatic heterocycles. The quantitative estimate of drug-likeness (QED) is 0.466. The molecule has 1 rings (SSSR count). The number of hydrogen-bond acceptors (Lipinski definition) is 3. The molecule has 1 saturated heterocycles. The van der Waals surface area contributed by atoms with Crippen LogP contribution < -0.4 is 5.32 Å². The predicted octanol–water partition coefficient (Wildman–Crippen LogP) is -1.59. The molecule has 0 aliphatic carbocycles. The molecule has 1 heterocycles. The number of rotatable bonds is 1. The Hall–Kier alpha value is -0.610. The summed E-state index contributed by atoms with van der Waals surface area (Å²) in [5.41, 5.74) is 0. The summed E-state index contributed by atoms with van der Waals surface area (Å²) in [6, 6.07) is -0.339. The van der Waals surface area contributed by atoms with Crippen LogP contribution in [-0.4, -0.2) is 48.7 Å². The van der Waals surface area contributed by atoms with Gasteiger partial charge < -0.3 is 10.4 Å². The van der Waals surface area contributed by atoms with Gasteiger partial charge in [-0.15, -0.1) is 0 Å². The van der Waals surface area contributed by atoms with Crippen LogP contribution in [0.1, 0.15) is 0 Å². The lowest BCUT2D eigenvalue weighted by molar-refractivity contribution is -0.129. The fraction of sp³-hybridized carbons (Fsp3) is 0.833. The van der Waals surface area contributed by atoms with Crippen molar-refractivity contribution in [1.82, 2.24) is 10.2 Å². The van der Waals surface area contributed by atoms with Crippen LogP contribution in [0.5, 0.6) is 0 Å². The first-order valence-corrected chi connectivity index (χ1v) is 3.34. The third-order valence-electron chi connectivity index (χ3n) is 1.77. The van der Waals surface area contributed by atoms with Gasteiger partial charge in [-0.2, -0.15) is 0 Å². The van der Waals surface area contributed by atoms with Gasteiger partial charge >= 0.3 is 0 Å². The second-order valence-corrected chi connectivity index (χ2v) is 2.47. The first-order valence-electron chi connectivity index (χ1n) is 3.34. The molecule has 1 aliphatic rings. The summed E-state index contributed by atoms with van der Waals surface area (Å²) < 4.78 is 0. The number of likely N-dealkylation sites (N-methyl/N-ethyl adjacent to an activating group) is 1. The summed E-state index contributed by atoms with van der Waals surface area (Å²) >= 11 is 0. The van der Waals surface area contributed by atoms with Crippen LogP contribution in [0.3, 0.4) is 0 Å². The minimum atomic E-state index is -0.339. The van der Waals surface area contributed by atoms with Crippen LogP contribution in [-0.2, 0) is 4.79 Å². The average molecular weight is 144 g/mol. The van der Waals surface area contributed by atoms with Crippen molar-refractivity contribution in [2.24, 2.45) is 0 Å². The zero-order chi connectivity index (χ0) is 7.56. The van der Waals surface area contributed by atoms with Crippen molar-refractivity contribution in [1.29, 1.82) is 0 Å². The van der Waals surface area contributed by atoms with E-state index in [1.165, 1.54) is 0 Å². The second kappa shape index (κ2) is 2.98. The first-order chi connectivity index (χ1) is 4.75. The molecular weight excluding hydrogens is 132 g/mol. The maximum absolute atomic E-state index is 10.9. The van der Waals surface area contributed by atoms with Gasteiger partial charge in [0.1, 0.15) is 6.04 Å². The highest BCUT2D eigenvalue weighted by Gasteiger charge is 2.25. The van der Waals surface area contributed by atoms with E-state index in [4.69, 9.17) is 5.11 Å². The Morgan fingerprint density at radius 1 is 1.90 bits per heavy atom. The van der Waals surface area contributed by atoms with E-state index in [-0.39, 0.29) is 18.6 Å². The maximum atomic E-state index is 10.9. The SMILES string of the molecule is CN1CCNC(=O)C1CO. The molecule has 58 valence electrons. The summed E-state index contributed by atoms with van der Waals surface area (Å²) in [6.45, 7) is 1.41. The van der Waals surface area contributed by atoms with E-state index in [2.05, 4.69) is 5.32 Å². The van der Waals surface area contributed by atoms with Crippen molar-refractivity contribution in [3.63, 3.8) is 0 Å². The van der Waals surface area contributed by atoms with Crippen LogP contribution in [0.25, 0.3) is 0 Å². The van der Waals surface area contributed by atoms with Crippen molar-refractivity contribution in [3.8, 4) is 0 Å². The number of carbonyl (C=O) groups excluding carboxylic acids is 1. The minimum Gasteiger partial charge on any atom is -0.394 e. The standard InChI is InChI=1S/C6H12N2O2/c1-8-3-2-7-6(10)5(8)4-9/h5,9H,2-4H2,1H3,(H,7,10). The lowest BCUT2D eigenvalue weighted by atomic mass is 10.2. The molecule has 0 spiro atoms. The Bertz CT molecular complexity index is 138. The third kappa shape index (κ3) is 1.27. The molecule has 1 aliphatic heterocycles. The molecule has 0 radical (unpaired) electrons. The number of aliphatic hydroxyl groups is 1. The van der Waals surface area contributed by atoms with Crippen LogP contribution in [0.2, 0.25) is 0 Å². The average Bonchev–Trinajstić information content (AvgIpc) is 1.88. The predicted molar refractivity (Wildman–Crippen MR) is 36.5 cm³/mol. The zero-order valence-corrected chi connectivity index (χ0v) is 6.00. The largest absolute Gasteiger partial charge is 0.394 e. The van der Waals surface area contributed by atoms with E-state index >= 15 is 0 Å². The molecular formula is C6H12N2O2. The van der Waals surface area contributed by atoms with Crippen LogP contribution >= 0.6 is 0 Å². The van der Waals surface area contributed by atoms with Crippen LogP contribution in [0, 0.1) is 0 Å². The number of piperazine rings is 1. The number of nitrogens with zero attached hydrogens (tertiary/aromatic N) is 1. The highest BCUT2D eigenvalue weighted by Crippen LogP contribution is 1.98. The Morgan fingerprint density at radius 2 is 2.60 bits per heavy atom. The summed E-state index contributed by atoms with van der Waals surface area (Å²) in [4.78, 5) is 12.8. The van der Waals surface area contributed by atoms with Crippen molar-refractivity contribution in [2.75, 3.05) is 26.7 Å². The Morgan fingerprint density at radius 3 is 3.00 bits per heavy atom. The summed E-state index contributed by atoms with van der Waals surface area (Å²) in [5.74, 6) is -0.0729. The van der Waals surface area contributed by atoms with E-state index in [0.29, 0.717) is 6.54 Å². The number of hydrogen-bond donors (Lipinski definition) is 2. The van der Waals surface area contributed by atoms with Gasteiger partial charge in [0.15, 0.2) is 0 Å². The molecule has 1 fully saturated rings. The lowest BCUT2D eigenvalue weighted by Crippen LogP contribution is -2.55. The molecule has 2 N–H and O–H groups in total. The van der Waals surface area contributed by atoms with Gasteiger partial charge in [0.25, 0.3) is 0 Å². The molecule has 4 nitrogen and oxygen atoms in total. The number of aliphatic hydroxyl groups excluding tert-OH is 1. The molecule has 10 heavy (non-hydrogen) atoms. The maximum Gasteiger partial charge on any atom is 0.239 e. The van der Waals surface area contributed by atoms with Gasteiger partial charge in [-0.25, -0.2) is 0 Å². The Kier molecular flexibility index (Phi) is 2.24. The van der Waals surface area contributed by atoms with Crippen molar-refractivity contribution >= 4 is 5.91 Å². The van der Waals surface area contributed by atoms with Gasteiger partial charge in [0.2, 0.25) is 5.91 Å². The summed E-state index contributed by atoms with van der Waals surface area (Å²) in [6.07, 6.45) is 0. The molecule has 0 aromatic carbocycles. The lowest BCUT2D eigenvalue weighted by Gasteiger charge is -2.30. The van der Waals surface area contributed by atoms with Gasteiger partial charge in [-0.1, -0.05) is 0 Å². The van der Waals surface area contributed by atoms with Gasteiger partial charge in [-0.3, -0.25) is 9.69 Å². The molecule has 1 unspecified atom stereocenters. The molecule has 1 amide bonds. The number of carbonyl (C=O) groups is 1. The van der Waals surface area contributed by atoms with Crippen LogP contribution in [0.15, 0.2) is 0 Å². The van der Waals surface area contributed by atoms with Crippen molar-refractivity contribution < 1.29 is 9.90 Å².